The summed E-state index contributed by atoms with van der Waals surface area (Å²) in [5, 5.41) is 5.11. The first-order valence-electron chi connectivity index (χ1n) is 9.62. The van der Waals surface area contributed by atoms with E-state index in [1.54, 1.807) is 0 Å². The average Bonchev–Trinajstić information content (AvgIpc) is 2.77. The van der Waals surface area contributed by atoms with Gasteiger partial charge in [-0.05, 0) is 62.0 Å². The third-order valence-corrected chi connectivity index (χ3v) is 5.25. The fraction of sp³-hybridized carbons (Fsp3) is 0. The third kappa shape index (κ3) is 3.10. The van der Waals surface area contributed by atoms with Gasteiger partial charge in [-0.15, -0.1) is 0 Å². The molecule has 28 heavy (non-hydrogen) atoms. The van der Waals surface area contributed by atoms with Crippen molar-refractivity contribution in [3.05, 3.63) is 132 Å². The van der Waals surface area contributed by atoms with Gasteiger partial charge < -0.3 is 0 Å². The fourth-order valence-electron chi connectivity index (χ4n) is 3.84. The van der Waals surface area contributed by atoms with Gasteiger partial charge in [0, 0.05) is 0 Å². The Labute approximate surface area is 165 Å². The molecule has 0 N–H and O–H groups in total. The lowest BCUT2D eigenvalue weighted by molar-refractivity contribution is 1.56. The smallest absolute Gasteiger partial charge is 0.0105 e. The zero-order chi connectivity index (χ0) is 18.8. The molecule has 5 aromatic carbocycles. The lowest BCUT2D eigenvalue weighted by atomic mass is 9.93. The molecular formula is C28H20. The van der Waals surface area contributed by atoms with Crippen LogP contribution in [0.4, 0.5) is 0 Å². The van der Waals surface area contributed by atoms with Crippen LogP contribution in [0, 0.1) is 0 Å². The largest absolute Gasteiger partial charge is 0.0622 e. The van der Waals surface area contributed by atoms with E-state index >= 15 is 0 Å². The van der Waals surface area contributed by atoms with Crippen LogP contribution in [-0.2, 0) is 0 Å². The zero-order valence-corrected chi connectivity index (χ0v) is 15.5. The minimum Gasteiger partial charge on any atom is -0.0622 e. The van der Waals surface area contributed by atoms with Gasteiger partial charge in [-0.1, -0.05) is 103 Å². The summed E-state index contributed by atoms with van der Waals surface area (Å²) >= 11 is 0. The average molecular weight is 356 g/mol. The van der Waals surface area contributed by atoms with E-state index in [2.05, 4.69) is 121 Å². The van der Waals surface area contributed by atoms with Crippen LogP contribution in [0.2, 0.25) is 0 Å². The van der Waals surface area contributed by atoms with E-state index in [1.807, 2.05) is 0 Å². The molecule has 0 bridgehead atoms. The highest BCUT2D eigenvalue weighted by Gasteiger charge is 2.07. The number of rotatable bonds is 3. The second-order valence-corrected chi connectivity index (χ2v) is 7.06. The summed E-state index contributed by atoms with van der Waals surface area (Å²) in [4.78, 5) is 0. The van der Waals surface area contributed by atoms with Crippen LogP contribution in [0.25, 0.3) is 33.2 Å². The molecular weight excluding hydrogens is 336 g/mol. The van der Waals surface area contributed by atoms with Gasteiger partial charge in [0.1, 0.15) is 0 Å². The molecule has 0 unspecified atom stereocenters. The summed E-state index contributed by atoms with van der Waals surface area (Å²) in [5.74, 6) is 0. The van der Waals surface area contributed by atoms with Crippen molar-refractivity contribution >= 4 is 33.2 Å². The molecule has 0 nitrogen and oxygen atoms in total. The Morgan fingerprint density at radius 1 is 0.464 bits per heavy atom. The van der Waals surface area contributed by atoms with E-state index in [0.29, 0.717) is 0 Å². The first kappa shape index (κ1) is 16.5. The monoisotopic (exact) mass is 356 g/mol. The van der Waals surface area contributed by atoms with Crippen LogP contribution in [-0.4, -0.2) is 0 Å². The third-order valence-electron chi connectivity index (χ3n) is 5.25. The summed E-state index contributed by atoms with van der Waals surface area (Å²) in [5.41, 5.74) is 4.94. The van der Waals surface area contributed by atoms with Gasteiger partial charge in [-0.3, -0.25) is 0 Å². The second kappa shape index (κ2) is 7.17. The Hall–Kier alpha value is -3.64. The normalized spacial score (nSPS) is 10.9. The van der Waals surface area contributed by atoms with Gasteiger partial charge in [-0.25, -0.2) is 0 Å². The molecule has 0 heterocycles. The van der Waals surface area contributed by atoms with Crippen LogP contribution in [0.15, 0.2) is 115 Å². The van der Waals surface area contributed by atoms with Crippen LogP contribution in [0.5, 0.6) is 0 Å². The predicted molar refractivity (Wildman–Crippen MR) is 121 cm³/mol. The minimum absolute atomic E-state index is 1.23. The zero-order valence-electron chi connectivity index (χ0n) is 15.5. The summed E-state index contributed by atoms with van der Waals surface area (Å²) in [6.45, 7) is 0. The number of hydrogen-bond acceptors (Lipinski definition) is 0. The van der Waals surface area contributed by atoms with Gasteiger partial charge >= 0.3 is 0 Å². The first-order valence-corrected chi connectivity index (χ1v) is 9.62. The molecule has 5 aromatic rings. The van der Waals surface area contributed by atoms with E-state index in [9.17, 15) is 0 Å². The molecule has 0 aliphatic carbocycles. The Morgan fingerprint density at radius 3 is 1.64 bits per heavy atom. The van der Waals surface area contributed by atoms with E-state index in [1.165, 1.54) is 43.8 Å². The predicted octanol–water partition coefficient (Wildman–Crippen LogP) is 7.58. The number of fused-ring (bicyclic) bond motifs is 2. The Bertz CT molecular complexity index is 1240. The molecule has 132 valence electrons. The van der Waals surface area contributed by atoms with Crippen molar-refractivity contribution in [1.82, 2.24) is 0 Å². The molecule has 5 rings (SSSR count). The summed E-state index contributed by atoms with van der Waals surface area (Å²) in [6, 6.07) is 41.0. The maximum absolute atomic E-state index is 2.32. The quantitative estimate of drug-likeness (QED) is 0.231. The molecule has 0 aliphatic rings. The summed E-state index contributed by atoms with van der Waals surface area (Å²) < 4.78 is 0. The van der Waals surface area contributed by atoms with Crippen molar-refractivity contribution in [2.24, 2.45) is 0 Å². The maximum Gasteiger partial charge on any atom is -0.0105 e. The molecule has 0 aromatic heterocycles. The van der Waals surface area contributed by atoms with Crippen molar-refractivity contribution in [3.63, 3.8) is 0 Å². The van der Waals surface area contributed by atoms with E-state index in [-0.39, 0.29) is 0 Å². The lowest BCUT2D eigenvalue weighted by Crippen LogP contribution is -1.89. The number of benzene rings is 5. The Kier molecular flexibility index (Phi) is 4.23. The topological polar surface area (TPSA) is 0 Å². The molecule has 0 saturated carbocycles. The van der Waals surface area contributed by atoms with Crippen LogP contribution < -0.4 is 0 Å². The SMILES string of the molecule is C(=C(c1ccccc1)c1ccccc1)c1cccc2cc3ccccc3cc12. The van der Waals surface area contributed by atoms with Gasteiger partial charge in [0.25, 0.3) is 0 Å². The summed E-state index contributed by atoms with van der Waals surface area (Å²) in [7, 11) is 0. The standard InChI is InChI=1S/C28H20/c1-3-10-21(11-4-1)27(22-12-5-2-6-13-22)20-26-17-9-16-25-18-23-14-7-8-15-24(23)19-28(25)26/h1-20H. The molecule has 0 saturated heterocycles. The van der Waals surface area contributed by atoms with Crippen LogP contribution in [0.1, 0.15) is 16.7 Å². The molecule has 0 fully saturated rings. The minimum atomic E-state index is 1.23. The van der Waals surface area contributed by atoms with Crippen molar-refractivity contribution < 1.29 is 0 Å². The van der Waals surface area contributed by atoms with Crippen molar-refractivity contribution in [2.45, 2.75) is 0 Å². The van der Waals surface area contributed by atoms with Gasteiger partial charge in [-0.2, -0.15) is 0 Å². The van der Waals surface area contributed by atoms with E-state index in [0.717, 1.165) is 0 Å². The van der Waals surface area contributed by atoms with E-state index in [4.69, 9.17) is 0 Å². The highest BCUT2D eigenvalue weighted by Crippen LogP contribution is 2.31. The van der Waals surface area contributed by atoms with Gasteiger partial charge in [0.2, 0.25) is 0 Å². The Morgan fingerprint density at radius 2 is 1.00 bits per heavy atom. The second-order valence-electron chi connectivity index (χ2n) is 7.06. The number of hydrogen-bond donors (Lipinski definition) is 0. The highest BCUT2D eigenvalue weighted by molar-refractivity contribution is 6.04. The van der Waals surface area contributed by atoms with Crippen molar-refractivity contribution in [3.8, 4) is 0 Å². The molecule has 0 aliphatic heterocycles. The van der Waals surface area contributed by atoms with Gasteiger partial charge in [0.05, 0.1) is 0 Å². The van der Waals surface area contributed by atoms with Gasteiger partial charge in [0.15, 0.2) is 0 Å². The molecule has 0 amide bonds. The fourth-order valence-corrected chi connectivity index (χ4v) is 3.84. The molecule has 0 heteroatoms. The molecule has 0 radical (unpaired) electrons. The van der Waals surface area contributed by atoms with Crippen molar-refractivity contribution in [2.75, 3.05) is 0 Å². The maximum atomic E-state index is 2.32. The Balaban J connectivity index is 1.77. The van der Waals surface area contributed by atoms with Crippen LogP contribution in [0.3, 0.4) is 0 Å². The first-order chi connectivity index (χ1) is 13.9. The lowest BCUT2D eigenvalue weighted by Gasteiger charge is -2.11. The molecule has 0 atom stereocenters. The van der Waals surface area contributed by atoms with Crippen molar-refractivity contribution in [1.29, 1.82) is 0 Å². The van der Waals surface area contributed by atoms with E-state index < -0.39 is 0 Å². The van der Waals surface area contributed by atoms with Crippen LogP contribution >= 0.6 is 0 Å². The highest BCUT2D eigenvalue weighted by atomic mass is 14.1. The summed E-state index contributed by atoms with van der Waals surface area (Å²) in [6.07, 6.45) is 2.32. The molecule has 0 spiro atoms.